The van der Waals surface area contributed by atoms with Crippen LogP contribution in [0, 0.1) is 17.0 Å². The van der Waals surface area contributed by atoms with Crippen LogP contribution < -0.4 is 4.90 Å². The molecule has 0 saturated carbocycles. The fourth-order valence-corrected chi connectivity index (χ4v) is 3.04. The third-order valence-corrected chi connectivity index (χ3v) is 4.18. The van der Waals surface area contributed by atoms with E-state index in [1.54, 1.807) is 6.07 Å². The van der Waals surface area contributed by atoms with Crippen LogP contribution >= 0.6 is 0 Å². The van der Waals surface area contributed by atoms with E-state index in [-0.39, 0.29) is 10.6 Å². The summed E-state index contributed by atoms with van der Waals surface area (Å²) in [6.45, 7) is 5.86. The van der Waals surface area contributed by atoms with E-state index in [0.717, 1.165) is 49.4 Å². The van der Waals surface area contributed by atoms with Crippen LogP contribution in [0.15, 0.2) is 24.3 Å². The van der Waals surface area contributed by atoms with Gasteiger partial charge in [-0.15, -0.1) is 0 Å². The van der Waals surface area contributed by atoms with E-state index in [9.17, 15) is 10.1 Å². The smallest absolute Gasteiger partial charge is 0.295 e. The number of anilines is 1. The van der Waals surface area contributed by atoms with E-state index < -0.39 is 0 Å². The van der Waals surface area contributed by atoms with Crippen LogP contribution in [0.25, 0.3) is 10.9 Å². The molecule has 0 aliphatic carbocycles. The third-order valence-electron chi connectivity index (χ3n) is 4.18. The highest BCUT2D eigenvalue weighted by molar-refractivity contribution is 5.97. The minimum atomic E-state index is -0.352. The highest BCUT2D eigenvalue weighted by atomic mass is 16.6. The van der Waals surface area contributed by atoms with Crippen LogP contribution in [-0.4, -0.2) is 48.0 Å². The second-order valence-electron chi connectivity index (χ2n) is 5.86. The van der Waals surface area contributed by atoms with Gasteiger partial charge in [-0.05, 0) is 33.0 Å². The summed E-state index contributed by atoms with van der Waals surface area (Å²) in [6, 6.07) is 7.23. The van der Waals surface area contributed by atoms with Gasteiger partial charge in [-0.3, -0.25) is 10.1 Å². The van der Waals surface area contributed by atoms with E-state index in [2.05, 4.69) is 21.8 Å². The number of hydrogen-bond acceptors (Lipinski definition) is 5. The largest absolute Gasteiger partial charge is 0.370 e. The number of aromatic nitrogens is 1. The van der Waals surface area contributed by atoms with Crippen LogP contribution in [-0.2, 0) is 0 Å². The van der Waals surface area contributed by atoms with Gasteiger partial charge in [0.05, 0.1) is 4.92 Å². The number of pyridine rings is 1. The molecule has 3 rings (SSSR count). The summed E-state index contributed by atoms with van der Waals surface area (Å²) < 4.78 is 0. The van der Waals surface area contributed by atoms with Crippen LogP contribution in [0.4, 0.5) is 11.4 Å². The quantitative estimate of drug-likeness (QED) is 0.630. The van der Waals surface area contributed by atoms with Crippen molar-refractivity contribution in [3.63, 3.8) is 0 Å². The van der Waals surface area contributed by atoms with Gasteiger partial charge in [0.1, 0.15) is 0 Å². The Balaban J connectivity index is 2.13. The molecule has 2 aromatic rings. The first kappa shape index (κ1) is 14.7. The number of likely N-dealkylation sites (N-methyl/N-ethyl adjacent to an activating group) is 1. The van der Waals surface area contributed by atoms with Crippen LogP contribution in [0.2, 0.25) is 0 Å². The normalized spacial score (nSPS) is 16.7. The van der Waals surface area contributed by atoms with Gasteiger partial charge in [-0.25, -0.2) is 4.98 Å². The van der Waals surface area contributed by atoms with Crippen molar-refractivity contribution in [3.8, 4) is 0 Å². The van der Waals surface area contributed by atoms with Gasteiger partial charge >= 0.3 is 0 Å². The van der Waals surface area contributed by atoms with Gasteiger partial charge < -0.3 is 9.80 Å². The van der Waals surface area contributed by atoms with Crippen molar-refractivity contribution in [2.24, 2.45) is 0 Å². The summed E-state index contributed by atoms with van der Waals surface area (Å²) in [4.78, 5) is 20.0. The van der Waals surface area contributed by atoms with Crippen molar-refractivity contribution in [1.82, 2.24) is 9.88 Å². The Hall–Kier alpha value is -2.21. The minimum absolute atomic E-state index is 0.0781. The minimum Gasteiger partial charge on any atom is -0.370 e. The van der Waals surface area contributed by atoms with Crippen LogP contribution in [0.1, 0.15) is 12.1 Å². The summed E-state index contributed by atoms with van der Waals surface area (Å²) in [6.07, 6.45) is 1.09. The Morgan fingerprint density at radius 3 is 2.82 bits per heavy atom. The van der Waals surface area contributed by atoms with Crippen LogP contribution in [0.3, 0.4) is 0 Å². The lowest BCUT2D eigenvalue weighted by Crippen LogP contribution is -2.29. The topological polar surface area (TPSA) is 62.5 Å². The zero-order valence-electron chi connectivity index (χ0n) is 13.0. The number of hydrogen-bond donors (Lipinski definition) is 0. The lowest BCUT2D eigenvalue weighted by Gasteiger charge is -2.24. The summed E-state index contributed by atoms with van der Waals surface area (Å²) in [7, 11) is 2.13. The number of fused-ring (bicyclic) bond motifs is 1. The first-order chi connectivity index (χ1) is 10.6. The van der Waals surface area contributed by atoms with E-state index in [0.29, 0.717) is 5.52 Å². The fraction of sp³-hybridized carbons (Fsp3) is 0.438. The highest BCUT2D eigenvalue weighted by Crippen LogP contribution is 2.32. The average molecular weight is 300 g/mol. The molecule has 1 aromatic heterocycles. The van der Waals surface area contributed by atoms with Gasteiger partial charge in [0.2, 0.25) is 0 Å². The Kier molecular flexibility index (Phi) is 3.94. The molecule has 1 aromatic carbocycles. The van der Waals surface area contributed by atoms with Crippen LogP contribution in [0.5, 0.6) is 0 Å². The van der Waals surface area contributed by atoms with E-state index in [1.165, 1.54) is 6.07 Å². The molecule has 1 saturated heterocycles. The second-order valence-corrected chi connectivity index (χ2v) is 5.86. The molecule has 1 aliphatic heterocycles. The van der Waals surface area contributed by atoms with Gasteiger partial charge in [0, 0.05) is 42.5 Å². The number of benzene rings is 1. The first-order valence-corrected chi connectivity index (χ1v) is 7.54. The summed E-state index contributed by atoms with van der Waals surface area (Å²) in [5.41, 5.74) is 2.44. The number of para-hydroxylation sites is 1. The van der Waals surface area contributed by atoms with Gasteiger partial charge in [-0.1, -0.05) is 12.1 Å². The average Bonchev–Trinajstić information content (AvgIpc) is 2.70. The molecule has 0 bridgehead atoms. The van der Waals surface area contributed by atoms with Crippen molar-refractivity contribution in [2.75, 3.05) is 38.1 Å². The maximum Gasteiger partial charge on any atom is 0.295 e. The molecule has 0 atom stereocenters. The zero-order valence-corrected chi connectivity index (χ0v) is 13.0. The standard InChI is InChI=1S/C16H20N4O2/c1-12-11-15(19-8-4-7-18(2)9-10-19)13-5-3-6-14(20(21)22)16(13)17-12/h3,5-6,11H,4,7-10H2,1-2H3. The van der Waals surface area contributed by atoms with Crippen molar-refractivity contribution < 1.29 is 4.92 Å². The van der Waals surface area contributed by atoms with Crippen molar-refractivity contribution in [2.45, 2.75) is 13.3 Å². The third kappa shape index (κ3) is 2.74. The maximum atomic E-state index is 11.3. The van der Waals surface area contributed by atoms with E-state index in [1.807, 2.05) is 19.1 Å². The Morgan fingerprint density at radius 2 is 2.05 bits per heavy atom. The molecular formula is C16H20N4O2. The Morgan fingerprint density at radius 1 is 1.23 bits per heavy atom. The maximum absolute atomic E-state index is 11.3. The molecule has 6 heteroatoms. The first-order valence-electron chi connectivity index (χ1n) is 7.54. The summed E-state index contributed by atoms with van der Waals surface area (Å²) in [5.74, 6) is 0. The number of aryl methyl sites for hydroxylation is 1. The predicted octanol–water partition coefficient (Wildman–Crippen LogP) is 2.59. The number of rotatable bonds is 2. The van der Waals surface area contributed by atoms with Gasteiger partial charge in [0.15, 0.2) is 5.52 Å². The van der Waals surface area contributed by atoms with Crippen molar-refractivity contribution in [3.05, 3.63) is 40.1 Å². The van der Waals surface area contributed by atoms with Gasteiger partial charge in [-0.2, -0.15) is 0 Å². The van der Waals surface area contributed by atoms with Crippen molar-refractivity contribution in [1.29, 1.82) is 0 Å². The number of nitro benzene ring substituents is 1. The molecule has 0 N–H and O–H groups in total. The molecule has 22 heavy (non-hydrogen) atoms. The molecule has 0 amide bonds. The predicted molar refractivity (Wildman–Crippen MR) is 87.5 cm³/mol. The summed E-state index contributed by atoms with van der Waals surface area (Å²) >= 11 is 0. The van der Waals surface area contributed by atoms with Crippen molar-refractivity contribution >= 4 is 22.3 Å². The lowest BCUT2D eigenvalue weighted by molar-refractivity contribution is -0.383. The van der Waals surface area contributed by atoms with Gasteiger partial charge in [0.25, 0.3) is 5.69 Å². The monoisotopic (exact) mass is 300 g/mol. The molecule has 1 fully saturated rings. The molecule has 1 aliphatic rings. The Bertz CT molecular complexity index is 717. The number of non-ortho nitro benzene ring substituents is 1. The molecule has 6 nitrogen and oxygen atoms in total. The molecular weight excluding hydrogens is 280 g/mol. The fourth-order valence-electron chi connectivity index (χ4n) is 3.04. The highest BCUT2D eigenvalue weighted by Gasteiger charge is 2.20. The molecule has 2 heterocycles. The molecule has 0 radical (unpaired) electrons. The number of nitrogens with zero attached hydrogens (tertiary/aromatic N) is 4. The number of nitro groups is 1. The SMILES string of the molecule is Cc1cc(N2CCCN(C)CC2)c2cccc([N+](=O)[O-])c2n1. The zero-order chi connectivity index (χ0) is 15.7. The Labute approximate surface area is 129 Å². The molecule has 0 unspecified atom stereocenters. The molecule has 0 spiro atoms. The molecule has 116 valence electrons. The summed E-state index contributed by atoms with van der Waals surface area (Å²) in [5, 5.41) is 12.1. The van der Waals surface area contributed by atoms with E-state index in [4.69, 9.17) is 0 Å². The second kappa shape index (κ2) is 5.88. The lowest BCUT2D eigenvalue weighted by atomic mass is 10.1. The van der Waals surface area contributed by atoms with E-state index >= 15 is 0 Å².